The van der Waals surface area contributed by atoms with Crippen molar-refractivity contribution in [1.82, 2.24) is 9.55 Å². The third kappa shape index (κ3) is 5.02. The van der Waals surface area contributed by atoms with Crippen LogP contribution in [0.4, 0.5) is 0 Å². The van der Waals surface area contributed by atoms with Gasteiger partial charge in [-0.15, -0.1) is 0 Å². The molecule has 1 unspecified atom stereocenters. The van der Waals surface area contributed by atoms with Crippen molar-refractivity contribution in [3.8, 4) is 0 Å². The maximum absolute atomic E-state index is 13.0. The molecule has 2 saturated heterocycles. The van der Waals surface area contributed by atoms with E-state index in [1.54, 1.807) is 0 Å². The highest BCUT2D eigenvalue weighted by Crippen LogP contribution is 2.56. The molecule has 36 heavy (non-hydrogen) atoms. The Morgan fingerprint density at radius 1 is 1.11 bits per heavy atom. The highest BCUT2D eigenvalue weighted by Gasteiger charge is 2.65. The van der Waals surface area contributed by atoms with E-state index in [9.17, 15) is 14.4 Å². The predicted octanol–water partition coefficient (Wildman–Crippen LogP) is 4.02. The van der Waals surface area contributed by atoms with E-state index < -0.39 is 52.5 Å². The fourth-order valence-corrected chi connectivity index (χ4v) is 11.4. The van der Waals surface area contributed by atoms with Gasteiger partial charge in [0.05, 0.1) is 18.7 Å². The molecule has 0 bridgehead atoms. The van der Waals surface area contributed by atoms with Crippen LogP contribution in [0.1, 0.15) is 74.0 Å². The number of carbonyl (C=O) groups excluding carboxylic acids is 1. The normalized spacial score (nSPS) is 27.1. The van der Waals surface area contributed by atoms with Crippen LogP contribution in [0.5, 0.6) is 0 Å². The summed E-state index contributed by atoms with van der Waals surface area (Å²) in [6.07, 6.45) is -0.177. The molecule has 2 fully saturated rings. The zero-order valence-electron chi connectivity index (χ0n) is 23.7. The molecule has 204 valence electrons. The zero-order valence-corrected chi connectivity index (χ0v) is 25.7. The van der Waals surface area contributed by atoms with Crippen molar-refractivity contribution in [3.63, 3.8) is 0 Å². The average Bonchev–Trinajstić information content (AvgIpc) is 3.04. The lowest BCUT2D eigenvalue weighted by Gasteiger charge is -2.54. The molecule has 2 aliphatic rings. The van der Waals surface area contributed by atoms with Gasteiger partial charge < -0.3 is 22.8 Å². The maximum Gasteiger partial charge on any atom is 0.349 e. The molecule has 1 N–H and O–H groups in total. The Kier molecular flexibility index (Phi) is 7.64. The van der Waals surface area contributed by atoms with Gasteiger partial charge in [-0.3, -0.25) is 14.3 Å². The summed E-state index contributed by atoms with van der Waals surface area (Å²) >= 11 is 0. The predicted molar refractivity (Wildman–Crippen MR) is 143 cm³/mol. The summed E-state index contributed by atoms with van der Waals surface area (Å²) in [6, 6.07) is 0. The molecule has 3 heterocycles. The van der Waals surface area contributed by atoms with Crippen LogP contribution in [0.25, 0.3) is 0 Å². The number of hydrogen-bond donors (Lipinski definition) is 1. The summed E-state index contributed by atoms with van der Waals surface area (Å²) in [6.45, 7) is 23.9. The fourth-order valence-electron chi connectivity index (χ4n) is 5.18. The number of aromatic amines is 1. The molecule has 1 aromatic rings. The van der Waals surface area contributed by atoms with Crippen LogP contribution in [0.2, 0.25) is 28.2 Å². The lowest BCUT2D eigenvalue weighted by Crippen LogP contribution is -2.66. The highest BCUT2D eigenvalue weighted by atomic mass is 28.4. The molecule has 0 aliphatic carbocycles. The molecule has 0 spiro atoms. The second kappa shape index (κ2) is 9.42. The third-order valence-corrected chi connectivity index (χ3v) is 17.5. The van der Waals surface area contributed by atoms with E-state index in [0.717, 1.165) is 0 Å². The van der Waals surface area contributed by atoms with E-state index >= 15 is 0 Å². The van der Waals surface area contributed by atoms with Crippen LogP contribution in [0, 0.1) is 0 Å². The lowest BCUT2D eigenvalue weighted by atomic mass is 10.0. The van der Waals surface area contributed by atoms with Gasteiger partial charge in [0, 0.05) is 16.3 Å². The summed E-state index contributed by atoms with van der Waals surface area (Å²) in [7, 11) is -5.18. The van der Waals surface area contributed by atoms with E-state index in [-0.39, 0.29) is 27.2 Å². The van der Waals surface area contributed by atoms with Crippen LogP contribution < -0.4 is 11.2 Å². The zero-order chi connectivity index (χ0) is 27.5. The monoisotopic (exact) mass is 540 g/mol. The first-order chi connectivity index (χ1) is 16.3. The molecular formula is C25H44N2O7Si2. The Bertz CT molecular complexity index is 1080. The topological polar surface area (TPSA) is 109 Å². The van der Waals surface area contributed by atoms with E-state index in [2.05, 4.69) is 80.4 Å². The molecule has 11 heteroatoms. The summed E-state index contributed by atoms with van der Waals surface area (Å²) in [4.78, 5) is 38.7. The van der Waals surface area contributed by atoms with Crippen molar-refractivity contribution >= 4 is 23.2 Å². The van der Waals surface area contributed by atoms with Gasteiger partial charge in [-0.1, -0.05) is 62.3 Å². The molecule has 3 rings (SSSR count). The minimum absolute atomic E-state index is 0.0912. The van der Waals surface area contributed by atoms with Gasteiger partial charge in [-0.25, -0.2) is 4.79 Å². The van der Waals surface area contributed by atoms with Crippen molar-refractivity contribution in [2.45, 2.75) is 121 Å². The van der Waals surface area contributed by atoms with Gasteiger partial charge in [-0.2, -0.15) is 0 Å². The number of fused-ring (bicyclic) bond motifs is 1. The Morgan fingerprint density at radius 2 is 1.69 bits per heavy atom. The van der Waals surface area contributed by atoms with Crippen molar-refractivity contribution in [3.05, 3.63) is 32.6 Å². The molecule has 0 radical (unpaired) electrons. The van der Waals surface area contributed by atoms with Gasteiger partial charge in [0.2, 0.25) is 0 Å². The van der Waals surface area contributed by atoms with Crippen LogP contribution in [0.15, 0.2) is 15.8 Å². The molecule has 1 aromatic heterocycles. The number of rotatable bonds is 5. The van der Waals surface area contributed by atoms with Crippen LogP contribution in [-0.2, 0) is 29.4 Å². The first-order valence-corrected chi connectivity index (χ1v) is 17.4. The van der Waals surface area contributed by atoms with Crippen LogP contribution >= 0.6 is 0 Å². The quantitative estimate of drug-likeness (QED) is 0.444. The largest absolute Gasteiger partial charge is 0.408 e. The molecule has 4 atom stereocenters. The number of aromatic nitrogens is 2. The van der Waals surface area contributed by atoms with Crippen molar-refractivity contribution in [2.75, 3.05) is 6.61 Å². The van der Waals surface area contributed by atoms with Gasteiger partial charge >= 0.3 is 14.3 Å². The number of aldehydes is 1. The van der Waals surface area contributed by atoms with Gasteiger partial charge in [0.1, 0.15) is 30.7 Å². The molecule has 0 aromatic carbocycles. The van der Waals surface area contributed by atoms with Crippen LogP contribution in [0.3, 0.4) is 0 Å². The lowest BCUT2D eigenvalue weighted by molar-refractivity contribution is -0.108. The first-order valence-electron chi connectivity index (χ1n) is 12.7. The van der Waals surface area contributed by atoms with Crippen LogP contribution in [-0.4, -0.2) is 57.6 Å². The number of nitrogens with one attached hydrogen (secondary N) is 1. The highest BCUT2D eigenvalue weighted by molar-refractivity contribution is 6.74. The number of carbonyl (C=O) groups is 1. The summed E-state index contributed by atoms with van der Waals surface area (Å²) in [5.74, 6) is 0. The standard InChI is InChI=1S/C25H44N2O7Si2/c1-23(2,3)35(10,11)33-20-18(16-14-27(12-13-28)22(30)26-21(16)29)32-17-15-31-36(24(4,5)6,25(7,8)9)34-19(17)20/h13-14,17-20H,12,15H2,1-11H3,(H,26,29,30)/t17-,18+,19+,20?/m1/s1. The first kappa shape index (κ1) is 29.2. The van der Waals surface area contributed by atoms with E-state index in [1.165, 1.54) is 10.8 Å². The molecule has 9 nitrogen and oxygen atoms in total. The van der Waals surface area contributed by atoms with E-state index in [4.69, 9.17) is 18.0 Å². The van der Waals surface area contributed by atoms with Crippen molar-refractivity contribution in [2.24, 2.45) is 0 Å². The van der Waals surface area contributed by atoms with Gasteiger partial charge in [0.25, 0.3) is 5.56 Å². The SMILES string of the molecule is CC(C)(C)[Si](C)(C)OC1[C@H]2O[Si](C(C)(C)C)(C(C)(C)C)OC[C@H]2O[C@H]1c1cn(CC=O)c(=O)[nH]c1=O. The molecule has 0 amide bonds. The fraction of sp³-hybridized carbons (Fsp3) is 0.800. The average molecular weight is 541 g/mol. The Morgan fingerprint density at radius 3 is 2.19 bits per heavy atom. The smallest absolute Gasteiger partial charge is 0.349 e. The summed E-state index contributed by atoms with van der Waals surface area (Å²) < 4.78 is 28.2. The number of hydrogen-bond acceptors (Lipinski definition) is 7. The number of H-pyrrole nitrogens is 1. The van der Waals surface area contributed by atoms with Crippen molar-refractivity contribution < 1.29 is 22.8 Å². The Balaban J connectivity index is 2.16. The minimum Gasteiger partial charge on any atom is -0.408 e. The van der Waals surface area contributed by atoms with E-state index in [0.29, 0.717) is 12.9 Å². The maximum atomic E-state index is 13.0. The molecule has 2 aliphatic heterocycles. The summed E-state index contributed by atoms with van der Waals surface area (Å²) in [5, 5.41) is -0.554. The third-order valence-electron chi connectivity index (χ3n) is 7.89. The van der Waals surface area contributed by atoms with Gasteiger partial charge in [-0.05, 0) is 18.1 Å². The molecule has 0 saturated carbocycles. The van der Waals surface area contributed by atoms with Crippen molar-refractivity contribution in [1.29, 1.82) is 0 Å². The Labute approximate surface area is 216 Å². The second-order valence-electron chi connectivity index (χ2n) is 13.6. The number of nitrogens with zero attached hydrogens (tertiary/aromatic N) is 1. The summed E-state index contributed by atoms with van der Waals surface area (Å²) in [5.41, 5.74) is -0.942. The number of ether oxygens (including phenoxy) is 1. The second-order valence-corrected chi connectivity index (χ2v) is 23.1. The Hall–Kier alpha value is -1.38. The van der Waals surface area contributed by atoms with E-state index in [1.807, 2.05) is 0 Å². The molecular weight excluding hydrogens is 496 g/mol. The minimum atomic E-state index is -2.84. The van der Waals surface area contributed by atoms with Gasteiger partial charge in [0.15, 0.2) is 8.32 Å².